The summed E-state index contributed by atoms with van der Waals surface area (Å²) in [5.74, 6) is -0.444. The molecule has 4 rings (SSSR count). The number of para-hydroxylation sites is 1. The van der Waals surface area contributed by atoms with Gasteiger partial charge in [0.15, 0.2) is 0 Å². The third-order valence-electron chi connectivity index (χ3n) is 5.05. The van der Waals surface area contributed by atoms with Crippen molar-refractivity contribution in [3.05, 3.63) is 112 Å². The lowest BCUT2D eigenvalue weighted by molar-refractivity contribution is -0.384. The molecular formula is C25H19N3O4. The summed E-state index contributed by atoms with van der Waals surface area (Å²) in [7, 11) is 1.33. The first-order valence-electron chi connectivity index (χ1n) is 9.90. The molecule has 0 spiro atoms. The van der Waals surface area contributed by atoms with Crippen molar-refractivity contribution in [1.82, 2.24) is 10.2 Å². The van der Waals surface area contributed by atoms with Gasteiger partial charge in [0, 0.05) is 11.6 Å². The smallest absolute Gasteiger partial charge is 0.337 e. The van der Waals surface area contributed by atoms with Crippen molar-refractivity contribution in [3.8, 4) is 22.5 Å². The van der Waals surface area contributed by atoms with Gasteiger partial charge in [-0.2, -0.15) is 0 Å². The van der Waals surface area contributed by atoms with Crippen LogP contribution in [0.25, 0.3) is 22.5 Å². The number of carbonyl (C=O) groups is 1. The topological polar surface area (TPSA) is 95.2 Å². The van der Waals surface area contributed by atoms with E-state index in [1.807, 2.05) is 42.5 Å². The summed E-state index contributed by atoms with van der Waals surface area (Å²) in [4.78, 5) is 23.1. The molecule has 7 nitrogen and oxygen atoms in total. The Hall–Kier alpha value is -4.39. The van der Waals surface area contributed by atoms with Crippen molar-refractivity contribution >= 4 is 11.7 Å². The van der Waals surface area contributed by atoms with Crippen molar-refractivity contribution in [2.24, 2.45) is 0 Å². The molecule has 0 unspecified atom stereocenters. The molecule has 158 valence electrons. The lowest BCUT2D eigenvalue weighted by atomic mass is 9.97. The number of methoxy groups -OCH3 is 1. The van der Waals surface area contributed by atoms with Crippen LogP contribution in [0, 0.1) is 10.1 Å². The number of hydrogen-bond acceptors (Lipinski definition) is 6. The predicted octanol–water partition coefficient (Wildman–Crippen LogP) is 5.10. The minimum Gasteiger partial charge on any atom is -0.465 e. The summed E-state index contributed by atoms with van der Waals surface area (Å²) in [5.41, 5.74) is 4.32. The Labute approximate surface area is 184 Å². The van der Waals surface area contributed by atoms with E-state index in [0.717, 1.165) is 11.1 Å². The number of esters is 1. The molecule has 0 fully saturated rings. The lowest BCUT2D eigenvalue weighted by Crippen LogP contribution is -2.03. The molecule has 0 saturated heterocycles. The quantitative estimate of drug-likeness (QED) is 0.242. The van der Waals surface area contributed by atoms with Crippen LogP contribution >= 0.6 is 0 Å². The van der Waals surface area contributed by atoms with Crippen LogP contribution in [0.4, 0.5) is 5.69 Å². The van der Waals surface area contributed by atoms with Gasteiger partial charge in [0.25, 0.3) is 5.69 Å². The number of nitro benzene ring substituents is 1. The maximum absolute atomic E-state index is 11.9. The largest absolute Gasteiger partial charge is 0.465 e. The predicted molar refractivity (Wildman–Crippen MR) is 120 cm³/mol. The van der Waals surface area contributed by atoms with Gasteiger partial charge < -0.3 is 4.74 Å². The van der Waals surface area contributed by atoms with Gasteiger partial charge in [-0.15, -0.1) is 10.2 Å². The van der Waals surface area contributed by atoms with Crippen molar-refractivity contribution in [2.75, 3.05) is 7.11 Å². The highest BCUT2D eigenvalue weighted by atomic mass is 16.6. The van der Waals surface area contributed by atoms with Crippen molar-refractivity contribution in [3.63, 3.8) is 0 Å². The van der Waals surface area contributed by atoms with Crippen LogP contribution < -0.4 is 0 Å². The van der Waals surface area contributed by atoms with Gasteiger partial charge in [0.05, 0.1) is 28.9 Å². The first kappa shape index (κ1) is 20.9. The van der Waals surface area contributed by atoms with E-state index in [4.69, 9.17) is 4.74 Å². The Bertz CT molecular complexity index is 1290. The van der Waals surface area contributed by atoms with Crippen LogP contribution in [0.1, 0.15) is 21.5 Å². The van der Waals surface area contributed by atoms with Gasteiger partial charge in [-0.3, -0.25) is 10.1 Å². The first-order valence-corrected chi connectivity index (χ1v) is 9.90. The molecule has 3 aromatic carbocycles. The fourth-order valence-corrected chi connectivity index (χ4v) is 3.51. The summed E-state index contributed by atoms with van der Waals surface area (Å²) in [6, 6.07) is 25.1. The summed E-state index contributed by atoms with van der Waals surface area (Å²) in [5, 5.41) is 20.3. The van der Waals surface area contributed by atoms with E-state index in [9.17, 15) is 14.9 Å². The van der Waals surface area contributed by atoms with E-state index in [2.05, 4.69) is 10.2 Å². The number of ether oxygens (including phenoxy) is 1. The van der Waals surface area contributed by atoms with Crippen LogP contribution in [0.2, 0.25) is 0 Å². The molecule has 0 radical (unpaired) electrons. The number of benzene rings is 3. The average Bonchev–Trinajstić information content (AvgIpc) is 2.84. The highest BCUT2D eigenvalue weighted by Crippen LogP contribution is 2.33. The van der Waals surface area contributed by atoms with Crippen LogP contribution in [0.3, 0.4) is 0 Å². The minimum atomic E-state index is -0.444. The zero-order chi connectivity index (χ0) is 22.5. The highest BCUT2D eigenvalue weighted by molar-refractivity contribution is 5.90. The maximum atomic E-state index is 11.9. The molecule has 0 N–H and O–H groups in total. The third-order valence-corrected chi connectivity index (χ3v) is 5.05. The monoisotopic (exact) mass is 425 g/mol. The van der Waals surface area contributed by atoms with Crippen LogP contribution in [0.15, 0.2) is 84.9 Å². The van der Waals surface area contributed by atoms with Crippen LogP contribution in [0.5, 0.6) is 0 Å². The van der Waals surface area contributed by atoms with Crippen LogP contribution in [-0.2, 0) is 11.2 Å². The first-order chi connectivity index (χ1) is 15.6. The van der Waals surface area contributed by atoms with Gasteiger partial charge in [-0.05, 0) is 41.8 Å². The molecule has 1 heterocycles. The van der Waals surface area contributed by atoms with E-state index in [1.54, 1.807) is 36.4 Å². The molecule has 0 aliphatic rings. The fraction of sp³-hybridized carbons (Fsp3) is 0.0800. The molecule has 0 amide bonds. The van der Waals surface area contributed by atoms with Gasteiger partial charge in [0.2, 0.25) is 0 Å². The number of nitro groups is 1. The number of nitrogens with zero attached hydrogens (tertiary/aromatic N) is 3. The Morgan fingerprint density at radius 2 is 1.69 bits per heavy atom. The average molecular weight is 425 g/mol. The summed E-state index contributed by atoms with van der Waals surface area (Å²) in [6.07, 6.45) is 0.515. The van der Waals surface area contributed by atoms with E-state index in [0.29, 0.717) is 34.5 Å². The Balaban J connectivity index is 1.86. The van der Waals surface area contributed by atoms with Crippen molar-refractivity contribution in [1.29, 1.82) is 0 Å². The molecule has 7 heteroatoms. The third kappa shape index (κ3) is 4.37. The minimum absolute atomic E-state index is 0.0310. The zero-order valence-electron chi connectivity index (χ0n) is 17.3. The highest BCUT2D eigenvalue weighted by Gasteiger charge is 2.20. The number of rotatable bonds is 6. The van der Waals surface area contributed by atoms with Gasteiger partial charge in [-0.25, -0.2) is 4.79 Å². The van der Waals surface area contributed by atoms with E-state index in [1.165, 1.54) is 13.2 Å². The number of aromatic nitrogens is 2. The molecule has 0 aliphatic carbocycles. The number of hydrogen-bond donors (Lipinski definition) is 0. The van der Waals surface area contributed by atoms with Crippen molar-refractivity contribution < 1.29 is 14.5 Å². The molecule has 1 aromatic heterocycles. The second kappa shape index (κ2) is 9.18. The van der Waals surface area contributed by atoms with E-state index in [-0.39, 0.29) is 5.69 Å². The summed E-state index contributed by atoms with van der Waals surface area (Å²) < 4.78 is 4.80. The SMILES string of the molecule is COC(=O)c1cccc(-c2cc(Cc3ccccc3)c(-c3ccccc3[N+](=O)[O-])nn2)c1. The zero-order valence-corrected chi connectivity index (χ0v) is 17.3. The summed E-state index contributed by atoms with van der Waals surface area (Å²) >= 11 is 0. The Morgan fingerprint density at radius 1 is 0.938 bits per heavy atom. The van der Waals surface area contributed by atoms with Crippen molar-refractivity contribution in [2.45, 2.75) is 6.42 Å². The molecule has 0 atom stereocenters. The Morgan fingerprint density at radius 3 is 2.44 bits per heavy atom. The normalized spacial score (nSPS) is 10.5. The van der Waals surface area contributed by atoms with Crippen LogP contribution in [-0.4, -0.2) is 28.2 Å². The van der Waals surface area contributed by atoms with E-state index < -0.39 is 10.9 Å². The standard InChI is InChI=1S/C25H19N3O4/c1-32-25(29)19-11-7-10-18(15-19)22-16-20(14-17-8-3-2-4-9-17)24(27-26-22)21-12-5-6-13-23(21)28(30)31/h2-13,15-16H,14H2,1H3. The molecule has 0 aliphatic heterocycles. The molecule has 4 aromatic rings. The molecule has 0 saturated carbocycles. The van der Waals surface area contributed by atoms with Gasteiger partial charge in [-0.1, -0.05) is 54.6 Å². The van der Waals surface area contributed by atoms with Gasteiger partial charge in [0.1, 0.15) is 5.69 Å². The van der Waals surface area contributed by atoms with E-state index >= 15 is 0 Å². The second-order valence-corrected chi connectivity index (χ2v) is 7.11. The lowest BCUT2D eigenvalue weighted by Gasteiger charge is -2.11. The molecular weight excluding hydrogens is 406 g/mol. The van der Waals surface area contributed by atoms with Gasteiger partial charge >= 0.3 is 5.97 Å². The fourth-order valence-electron chi connectivity index (χ4n) is 3.51. The molecule has 32 heavy (non-hydrogen) atoms. The molecule has 0 bridgehead atoms. The summed E-state index contributed by atoms with van der Waals surface area (Å²) in [6.45, 7) is 0. The second-order valence-electron chi connectivity index (χ2n) is 7.11. The Kier molecular flexibility index (Phi) is 5.98. The number of carbonyl (C=O) groups excluding carboxylic acids is 1. The maximum Gasteiger partial charge on any atom is 0.337 e.